The Hall–Kier alpha value is -1.61. The van der Waals surface area contributed by atoms with Gasteiger partial charge >= 0.3 is 5.97 Å². The summed E-state index contributed by atoms with van der Waals surface area (Å²) in [5.74, 6) is -0.355. The lowest BCUT2D eigenvalue weighted by Crippen LogP contribution is -2.20. The molecule has 19 heavy (non-hydrogen) atoms. The van der Waals surface area contributed by atoms with Gasteiger partial charge in [0.15, 0.2) is 0 Å². The van der Waals surface area contributed by atoms with Crippen molar-refractivity contribution in [3.05, 3.63) is 48.0 Å². The van der Waals surface area contributed by atoms with E-state index in [0.717, 1.165) is 5.56 Å². The minimum atomic E-state index is -0.187. The number of ether oxygens (including phenoxy) is 1. The first-order valence-corrected chi connectivity index (χ1v) is 6.81. The fourth-order valence-electron chi connectivity index (χ4n) is 1.74. The molecule has 3 nitrogen and oxygen atoms in total. The van der Waals surface area contributed by atoms with Gasteiger partial charge in [-0.25, -0.2) is 0 Å². The summed E-state index contributed by atoms with van der Waals surface area (Å²) < 4.78 is 5.21. The fourth-order valence-corrected chi connectivity index (χ4v) is 1.74. The van der Waals surface area contributed by atoms with Crippen LogP contribution < -0.4 is 5.73 Å². The second-order valence-electron chi connectivity index (χ2n) is 4.69. The molecule has 0 bridgehead atoms. The molecule has 0 spiro atoms. The molecule has 2 atom stereocenters. The molecule has 0 aromatic heterocycles. The van der Waals surface area contributed by atoms with Crippen LogP contribution in [-0.4, -0.2) is 12.0 Å². The number of carbonyl (C=O) groups is 1. The Bertz CT molecular complexity index is 400. The van der Waals surface area contributed by atoms with Crippen LogP contribution in [0.2, 0.25) is 0 Å². The van der Waals surface area contributed by atoms with Crippen LogP contribution in [0.25, 0.3) is 0 Å². The average Bonchev–Trinajstić information content (AvgIpc) is 2.85. The molecule has 0 heterocycles. The molecule has 3 heteroatoms. The van der Waals surface area contributed by atoms with Gasteiger partial charge in [-0.05, 0) is 12.0 Å². The topological polar surface area (TPSA) is 52.3 Å². The lowest BCUT2D eigenvalue weighted by Gasteiger charge is -2.09. The molecular formula is C16H23NO2. The van der Waals surface area contributed by atoms with Crippen LogP contribution >= 0.6 is 0 Å². The molecule has 0 saturated carbocycles. The van der Waals surface area contributed by atoms with Gasteiger partial charge in [-0.3, -0.25) is 4.79 Å². The lowest BCUT2D eigenvalue weighted by atomic mass is 10.1. The molecule has 1 aromatic carbocycles. The standard InChI is InChI=1S/C13H15NO2.C3H8/c14-12-7-6-11(8-12)13(15)16-9-10-4-2-1-3-5-10;1-3-2/h1-7,11-12H,8-9,14H2;3H2,1-2H3. The normalized spacial score (nSPS) is 20.6. The summed E-state index contributed by atoms with van der Waals surface area (Å²) in [6.45, 7) is 4.58. The van der Waals surface area contributed by atoms with Crippen molar-refractivity contribution in [2.45, 2.75) is 39.3 Å². The van der Waals surface area contributed by atoms with Crippen molar-refractivity contribution in [2.75, 3.05) is 0 Å². The van der Waals surface area contributed by atoms with Crippen LogP contribution in [0.4, 0.5) is 0 Å². The summed E-state index contributed by atoms with van der Waals surface area (Å²) in [5, 5.41) is 0. The first kappa shape index (κ1) is 15.4. The average molecular weight is 261 g/mol. The van der Waals surface area contributed by atoms with Gasteiger partial charge in [-0.1, -0.05) is 62.8 Å². The summed E-state index contributed by atoms with van der Waals surface area (Å²) in [5.41, 5.74) is 6.68. The SMILES string of the molecule is CCC.NC1C=CC(C(=O)OCc2ccccc2)C1. The number of nitrogens with two attached hydrogens (primary N) is 1. The van der Waals surface area contributed by atoms with E-state index in [1.54, 1.807) is 0 Å². The highest BCUT2D eigenvalue weighted by Crippen LogP contribution is 2.18. The maximum absolute atomic E-state index is 11.6. The maximum Gasteiger partial charge on any atom is 0.313 e. The van der Waals surface area contributed by atoms with E-state index in [2.05, 4.69) is 13.8 Å². The van der Waals surface area contributed by atoms with Gasteiger partial charge in [0.25, 0.3) is 0 Å². The van der Waals surface area contributed by atoms with Gasteiger partial charge in [0.1, 0.15) is 6.61 Å². The molecule has 1 aliphatic carbocycles. The lowest BCUT2D eigenvalue weighted by molar-refractivity contribution is -0.148. The molecule has 104 valence electrons. The van der Waals surface area contributed by atoms with Crippen molar-refractivity contribution in [3.8, 4) is 0 Å². The minimum absolute atomic E-state index is 0.00530. The number of esters is 1. The van der Waals surface area contributed by atoms with Crippen molar-refractivity contribution < 1.29 is 9.53 Å². The zero-order chi connectivity index (χ0) is 14.1. The number of benzene rings is 1. The predicted octanol–water partition coefficient (Wildman–Crippen LogP) is 3.05. The molecule has 2 N–H and O–H groups in total. The summed E-state index contributed by atoms with van der Waals surface area (Å²) in [6.07, 6.45) is 5.60. The number of carbonyl (C=O) groups excluding carboxylic acids is 1. The maximum atomic E-state index is 11.6. The predicted molar refractivity (Wildman–Crippen MR) is 77.4 cm³/mol. The highest BCUT2D eigenvalue weighted by molar-refractivity contribution is 5.75. The molecular weight excluding hydrogens is 238 g/mol. The highest BCUT2D eigenvalue weighted by atomic mass is 16.5. The van der Waals surface area contributed by atoms with Crippen LogP contribution in [-0.2, 0) is 16.1 Å². The van der Waals surface area contributed by atoms with E-state index in [1.807, 2.05) is 42.5 Å². The second kappa shape index (κ2) is 8.48. The Kier molecular flexibility index (Phi) is 6.90. The summed E-state index contributed by atoms with van der Waals surface area (Å²) in [6, 6.07) is 9.65. The van der Waals surface area contributed by atoms with E-state index < -0.39 is 0 Å². The van der Waals surface area contributed by atoms with Gasteiger partial charge < -0.3 is 10.5 Å². The summed E-state index contributed by atoms with van der Waals surface area (Å²) in [4.78, 5) is 11.6. The zero-order valence-electron chi connectivity index (χ0n) is 11.7. The quantitative estimate of drug-likeness (QED) is 0.672. The first-order valence-electron chi connectivity index (χ1n) is 6.81. The molecule has 1 aromatic rings. The Morgan fingerprint density at radius 3 is 2.42 bits per heavy atom. The highest BCUT2D eigenvalue weighted by Gasteiger charge is 2.23. The van der Waals surface area contributed by atoms with E-state index >= 15 is 0 Å². The van der Waals surface area contributed by atoms with Crippen molar-refractivity contribution in [2.24, 2.45) is 11.7 Å². The molecule has 0 radical (unpaired) electrons. The number of rotatable bonds is 3. The van der Waals surface area contributed by atoms with Crippen molar-refractivity contribution in [3.63, 3.8) is 0 Å². The van der Waals surface area contributed by atoms with Gasteiger partial charge in [-0.2, -0.15) is 0 Å². The van der Waals surface area contributed by atoms with Gasteiger partial charge in [0.2, 0.25) is 0 Å². The third kappa shape index (κ3) is 5.71. The number of hydrogen-bond acceptors (Lipinski definition) is 3. The first-order chi connectivity index (χ1) is 9.17. The van der Waals surface area contributed by atoms with Crippen LogP contribution in [0.1, 0.15) is 32.3 Å². The van der Waals surface area contributed by atoms with Crippen LogP contribution in [0, 0.1) is 5.92 Å². The van der Waals surface area contributed by atoms with E-state index in [1.165, 1.54) is 6.42 Å². The molecule has 0 saturated heterocycles. The summed E-state index contributed by atoms with van der Waals surface area (Å²) >= 11 is 0. The molecule has 2 rings (SSSR count). The monoisotopic (exact) mass is 261 g/mol. The Labute approximate surface area is 115 Å². The van der Waals surface area contributed by atoms with E-state index in [0.29, 0.717) is 13.0 Å². The van der Waals surface area contributed by atoms with Crippen molar-refractivity contribution >= 4 is 5.97 Å². The molecule has 2 unspecified atom stereocenters. The molecule has 0 amide bonds. The van der Waals surface area contributed by atoms with Gasteiger partial charge in [0, 0.05) is 6.04 Å². The van der Waals surface area contributed by atoms with Crippen molar-refractivity contribution in [1.29, 1.82) is 0 Å². The van der Waals surface area contributed by atoms with Crippen LogP contribution in [0.3, 0.4) is 0 Å². The third-order valence-corrected chi connectivity index (χ3v) is 2.64. The molecule has 1 aliphatic rings. The molecule has 0 fully saturated rings. The van der Waals surface area contributed by atoms with Crippen LogP contribution in [0.5, 0.6) is 0 Å². The van der Waals surface area contributed by atoms with Crippen LogP contribution in [0.15, 0.2) is 42.5 Å². The van der Waals surface area contributed by atoms with E-state index in [4.69, 9.17) is 10.5 Å². The summed E-state index contributed by atoms with van der Waals surface area (Å²) in [7, 11) is 0. The molecule has 0 aliphatic heterocycles. The fraction of sp³-hybridized carbons (Fsp3) is 0.438. The Morgan fingerprint density at radius 2 is 1.89 bits per heavy atom. The van der Waals surface area contributed by atoms with E-state index in [9.17, 15) is 4.79 Å². The second-order valence-corrected chi connectivity index (χ2v) is 4.69. The van der Waals surface area contributed by atoms with Crippen molar-refractivity contribution in [1.82, 2.24) is 0 Å². The Morgan fingerprint density at radius 1 is 1.26 bits per heavy atom. The Balaban J connectivity index is 0.000000550. The minimum Gasteiger partial charge on any atom is -0.460 e. The number of hydrogen-bond donors (Lipinski definition) is 1. The zero-order valence-corrected chi connectivity index (χ0v) is 11.7. The smallest absolute Gasteiger partial charge is 0.313 e. The third-order valence-electron chi connectivity index (χ3n) is 2.64. The van der Waals surface area contributed by atoms with Gasteiger partial charge in [-0.15, -0.1) is 0 Å². The largest absolute Gasteiger partial charge is 0.460 e. The van der Waals surface area contributed by atoms with E-state index in [-0.39, 0.29) is 17.9 Å². The van der Waals surface area contributed by atoms with Gasteiger partial charge in [0.05, 0.1) is 5.92 Å².